The second kappa shape index (κ2) is 10.7. The Hall–Kier alpha value is -2.43. The Morgan fingerprint density at radius 1 is 0.968 bits per heavy atom. The van der Waals surface area contributed by atoms with Crippen molar-refractivity contribution >= 4 is 23.3 Å². The van der Waals surface area contributed by atoms with Crippen molar-refractivity contribution in [3.8, 4) is 0 Å². The van der Waals surface area contributed by atoms with Gasteiger partial charge in [0.15, 0.2) is 0 Å². The van der Waals surface area contributed by atoms with Gasteiger partial charge in [-0.15, -0.1) is 0 Å². The van der Waals surface area contributed by atoms with Gasteiger partial charge >= 0.3 is 5.97 Å². The summed E-state index contributed by atoms with van der Waals surface area (Å²) in [6.07, 6.45) is 10.8. The quantitative estimate of drug-likeness (QED) is 0.283. The zero-order valence-electron chi connectivity index (χ0n) is 18.6. The molecule has 31 heavy (non-hydrogen) atoms. The highest BCUT2D eigenvalue weighted by atomic mass is 16.5. The van der Waals surface area contributed by atoms with E-state index in [1.807, 2.05) is 0 Å². The molecule has 3 rings (SSSR count). The topological polar surface area (TPSA) is 80.7 Å². The molecular weight excluding hydrogens is 392 g/mol. The number of Topliss-reactive ketones (excluding diaryl/α,β-unsaturated/α-hetero) is 2. The van der Waals surface area contributed by atoms with Crippen LogP contribution < -0.4 is 0 Å². The molecule has 1 aromatic rings. The molecule has 5 nitrogen and oxygen atoms in total. The normalized spacial score (nSPS) is 18.1. The van der Waals surface area contributed by atoms with Gasteiger partial charge in [0, 0.05) is 28.5 Å². The van der Waals surface area contributed by atoms with Crippen molar-refractivity contribution in [1.29, 1.82) is 0 Å². The second-order valence-electron chi connectivity index (χ2n) is 9.09. The number of ether oxygens (including phenoxy) is 1. The first-order valence-corrected chi connectivity index (χ1v) is 11.7. The van der Waals surface area contributed by atoms with E-state index in [9.17, 15) is 19.5 Å². The van der Waals surface area contributed by atoms with Crippen molar-refractivity contribution < 1.29 is 24.2 Å². The van der Waals surface area contributed by atoms with E-state index in [0.717, 1.165) is 51.4 Å². The number of carbonyl (C=O) groups is 3. The van der Waals surface area contributed by atoms with Crippen LogP contribution in [0.1, 0.15) is 99.9 Å². The van der Waals surface area contributed by atoms with Gasteiger partial charge in [-0.25, -0.2) is 0 Å². The number of hydrogen-bond donors (Lipinski definition) is 1. The van der Waals surface area contributed by atoms with E-state index >= 15 is 0 Å². The van der Waals surface area contributed by atoms with Gasteiger partial charge < -0.3 is 9.84 Å². The number of ketones is 2. The first-order valence-electron chi connectivity index (χ1n) is 11.7. The van der Waals surface area contributed by atoms with Crippen LogP contribution in [0.3, 0.4) is 0 Å². The number of fused-ring (bicyclic) bond motifs is 1. The monoisotopic (exact) mass is 426 g/mol. The van der Waals surface area contributed by atoms with Crippen molar-refractivity contribution in [2.24, 2.45) is 5.41 Å². The van der Waals surface area contributed by atoms with Crippen molar-refractivity contribution in [3.63, 3.8) is 0 Å². The summed E-state index contributed by atoms with van der Waals surface area (Å²) < 4.78 is 5.66. The summed E-state index contributed by atoms with van der Waals surface area (Å²) in [5.41, 5.74) is 0.432. The molecule has 0 aromatic heterocycles. The minimum Gasteiger partial charge on any atom is -0.507 e. The molecule has 0 atom stereocenters. The minimum absolute atomic E-state index is 0.104. The molecule has 0 amide bonds. The van der Waals surface area contributed by atoms with E-state index < -0.39 is 17.0 Å². The first-order chi connectivity index (χ1) is 15.0. The highest BCUT2D eigenvalue weighted by Crippen LogP contribution is 2.44. The summed E-state index contributed by atoms with van der Waals surface area (Å²) in [7, 11) is 0. The molecule has 0 spiro atoms. The van der Waals surface area contributed by atoms with Crippen molar-refractivity contribution in [2.45, 2.75) is 84.0 Å². The smallest absolute Gasteiger partial charge is 0.305 e. The third-order valence-electron chi connectivity index (χ3n) is 6.68. The lowest BCUT2D eigenvalue weighted by molar-refractivity contribution is -0.148. The largest absolute Gasteiger partial charge is 0.507 e. The Bertz CT molecular complexity index is 845. The fraction of sp³-hybridized carbons (Fsp3) is 0.577. The van der Waals surface area contributed by atoms with E-state index in [4.69, 9.17) is 4.74 Å². The van der Waals surface area contributed by atoms with Gasteiger partial charge in [0.25, 0.3) is 0 Å². The number of aliphatic hydroxyl groups is 1. The highest BCUT2D eigenvalue weighted by molar-refractivity contribution is 6.52. The van der Waals surface area contributed by atoms with Crippen molar-refractivity contribution in [2.75, 3.05) is 6.61 Å². The molecule has 5 heteroatoms. The summed E-state index contributed by atoms with van der Waals surface area (Å²) >= 11 is 0. The van der Waals surface area contributed by atoms with Crippen LogP contribution in [0.25, 0.3) is 5.76 Å². The lowest BCUT2D eigenvalue weighted by Crippen LogP contribution is -2.35. The molecule has 1 aromatic carbocycles. The maximum Gasteiger partial charge on any atom is 0.305 e. The van der Waals surface area contributed by atoms with Gasteiger partial charge in [-0.05, 0) is 25.7 Å². The standard InChI is InChI=1S/C26H34O5/c1-2-3-4-5-7-14-22(27)31-18-26(15-10-6-11-16-26)17-21-23(28)19-12-8-9-13-20(19)24(29)25(21)30/h8-9,12-13,28H,2-7,10-11,14-18H2,1H3. The first kappa shape index (κ1) is 23.2. The maximum absolute atomic E-state index is 12.8. The van der Waals surface area contributed by atoms with Crippen molar-refractivity contribution in [1.82, 2.24) is 0 Å². The molecule has 1 saturated carbocycles. The molecule has 0 aliphatic heterocycles. The second-order valence-corrected chi connectivity index (χ2v) is 9.09. The fourth-order valence-corrected chi connectivity index (χ4v) is 4.81. The van der Waals surface area contributed by atoms with Gasteiger partial charge in [0.05, 0.1) is 6.61 Å². The Balaban J connectivity index is 1.70. The molecule has 1 N–H and O–H groups in total. The Morgan fingerprint density at radius 3 is 2.35 bits per heavy atom. The molecule has 0 radical (unpaired) electrons. The molecule has 0 unspecified atom stereocenters. The highest BCUT2D eigenvalue weighted by Gasteiger charge is 2.40. The number of carbonyl (C=O) groups excluding carboxylic acids is 3. The molecule has 2 aliphatic carbocycles. The summed E-state index contributed by atoms with van der Waals surface area (Å²) in [4.78, 5) is 37.7. The van der Waals surface area contributed by atoms with E-state index in [0.29, 0.717) is 12.0 Å². The van der Waals surface area contributed by atoms with Gasteiger partial charge in [-0.1, -0.05) is 76.1 Å². The van der Waals surface area contributed by atoms with Crippen molar-refractivity contribution in [3.05, 3.63) is 41.0 Å². The Kier molecular flexibility index (Phi) is 8.05. The van der Waals surface area contributed by atoms with Crippen LogP contribution in [0.2, 0.25) is 0 Å². The average Bonchev–Trinajstić information content (AvgIpc) is 2.80. The third kappa shape index (κ3) is 5.63. The van der Waals surface area contributed by atoms with E-state index in [-0.39, 0.29) is 35.9 Å². The average molecular weight is 427 g/mol. The van der Waals surface area contributed by atoms with Gasteiger partial charge in [0.1, 0.15) is 5.76 Å². The minimum atomic E-state index is -0.636. The molecule has 2 aliphatic rings. The SMILES string of the molecule is CCCCCCCC(=O)OCC1(CC2=C(O)c3ccccc3C(=O)C2=O)CCCCC1. The van der Waals surface area contributed by atoms with Crippen LogP contribution in [0.4, 0.5) is 0 Å². The molecular formula is C26H34O5. The zero-order valence-corrected chi connectivity index (χ0v) is 18.6. The van der Waals surface area contributed by atoms with Crippen LogP contribution in [0, 0.1) is 5.41 Å². The van der Waals surface area contributed by atoms with Crippen LogP contribution >= 0.6 is 0 Å². The molecule has 0 saturated heterocycles. The lowest BCUT2D eigenvalue weighted by Gasteiger charge is -2.37. The third-order valence-corrected chi connectivity index (χ3v) is 6.68. The molecule has 1 fully saturated rings. The number of hydrogen-bond acceptors (Lipinski definition) is 5. The maximum atomic E-state index is 12.8. The lowest BCUT2D eigenvalue weighted by atomic mass is 9.69. The fourth-order valence-electron chi connectivity index (χ4n) is 4.81. The number of aliphatic hydroxyl groups excluding tert-OH is 1. The Labute approximate surface area is 184 Å². The van der Waals surface area contributed by atoms with Crippen LogP contribution in [-0.4, -0.2) is 29.2 Å². The van der Waals surface area contributed by atoms with Crippen LogP contribution in [0.5, 0.6) is 0 Å². The molecule has 0 heterocycles. The van der Waals surface area contributed by atoms with Gasteiger partial charge in [-0.3, -0.25) is 14.4 Å². The number of esters is 1. The number of unbranched alkanes of at least 4 members (excludes halogenated alkanes) is 4. The Morgan fingerprint density at radius 2 is 1.65 bits per heavy atom. The van der Waals surface area contributed by atoms with Gasteiger partial charge in [-0.2, -0.15) is 0 Å². The zero-order chi connectivity index (χ0) is 22.3. The summed E-state index contributed by atoms with van der Waals surface area (Å²) in [5.74, 6) is -1.51. The van der Waals surface area contributed by atoms with E-state index in [1.54, 1.807) is 24.3 Å². The molecule has 0 bridgehead atoms. The molecule has 168 valence electrons. The summed E-state index contributed by atoms with van der Waals surface area (Å²) in [5, 5.41) is 10.8. The predicted molar refractivity (Wildman–Crippen MR) is 120 cm³/mol. The predicted octanol–water partition coefficient (Wildman–Crippen LogP) is 5.97. The van der Waals surface area contributed by atoms with Gasteiger partial charge in [0.2, 0.25) is 11.6 Å². The number of rotatable bonds is 10. The van der Waals surface area contributed by atoms with E-state index in [1.165, 1.54) is 12.8 Å². The van der Waals surface area contributed by atoms with E-state index in [2.05, 4.69) is 6.92 Å². The summed E-state index contributed by atoms with van der Waals surface area (Å²) in [6, 6.07) is 6.67. The van der Waals surface area contributed by atoms with Crippen LogP contribution in [0.15, 0.2) is 29.8 Å². The number of benzene rings is 1. The summed E-state index contributed by atoms with van der Waals surface area (Å²) in [6.45, 7) is 2.40. The number of allylic oxidation sites excluding steroid dienone is 1. The van der Waals surface area contributed by atoms with Crippen LogP contribution in [-0.2, 0) is 14.3 Å².